The lowest BCUT2D eigenvalue weighted by Gasteiger charge is -2.08. The van der Waals surface area contributed by atoms with E-state index < -0.39 is 16.3 Å². The Morgan fingerprint density at radius 1 is 0.567 bits per heavy atom. The summed E-state index contributed by atoms with van der Waals surface area (Å²) >= 11 is 0. The monoisotopic (exact) mass is 450 g/mol. The average Bonchev–Trinajstić information content (AvgIpc) is 2.69. The molecule has 0 saturated heterocycles. The van der Waals surface area contributed by atoms with Crippen molar-refractivity contribution in [3.63, 3.8) is 0 Å². The third-order valence-corrected chi connectivity index (χ3v) is 6.85. The van der Waals surface area contributed by atoms with Gasteiger partial charge in [0.25, 0.3) is 10.1 Å². The normalized spacial score (nSPS) is 13.0. The van der Waals surface area contributed by atoms with E-state index in [-0.39, 0.29) is 5.75 Å². The lowest BCUT2D eigenvalue weighted by Crippen LogP contribution is -2.03. The molecular weight excluding hydrogens is 399 g/mol. The van der Waals surface area contributed by atoms with Crippen LogP contribution in [0.1, 0.15) is 148 Å². The van der Waals surface area contributed by atoms with E-state index in [0.29, 0.717) is 19.3 Å². The fraction of sp³-hybridized carbons (Fsp3) is 1.00. The van der Waals surface area contributed by atoms with Crippen LogP contribution in [0.15, 0.2) is 0 Å². The van der Waals surface area contributed by atoms with Gasteiger partial charge in [0.2, 0.25) is 0 Å². The summed E-state index contributed by atoms with van der Waals surface area (Å²) < 4.78 is 43.7. The maximum Gasteiger partial charge on any atom is 0.264 e. The molecule has 1 N–H and O–H groups in total. The molecular formula is C25H51FO3S. The second-order valence-electron chi connectivity index (χ2n) is 9.18. The molecule has 0 amide bonds. The van der Waals surface area contributed by atoms with Crippen molar-refractivity contribution in [2.45, 2.75) is 154 Å². The van der Waals surface area contributed by atoms with Crippen LogP contribution < -0.4 is 0 Å². The Balaban J connectivity index is 3.18. The van der Waals surface area contributed by atoms with E-state index in [2.05, 4.69) is 6.92 Å². The summed E-state index contributed by atoms with van der Waals surface area (Å²) in [5.74, 6) is -0.155. The van der Waals surface area contributed by atoms with E-state index in [1.165, 1.54) is 83.5 Å². The molecule has 5 heteroatoms. The zero-order valence-corrected chi connectivity index (χ0v) is 20.7. The molecule has 0 bridgehead atoms. The molecule has 0 aliphatic rings. The highest BCUT2D eigenvalue weighted by atomic mass is 32.2. The molecule has 0 aliphatic heterocycles. The van der Waals surface area contributed by atoms with Gasteiger partial charge in [-0.1, -0.05) is 129 Å². The van der Waals surface area contributed by atoms with Crippen LogP contribution in [0.3, 0.4) is 0 Å². The van der Waals surface area contributed by atoms with Gasteiger partial charge in [0.15, 0.2) is 0 Å². The summed E-state index contributed by atoms with van der Waals surface area (Å²) in [6, 6.07) is 0. The molecule has 0 fully saturated rings. The molecule has 0 saturated carbocycles. The highest BCUT2D eigenvalue weighted by Crippen LogP contribution is 2.17. The number of hydrogen-bond acceptors (Lipinski definition) is 2. The molecule has 3 nitrogen and oxygen atoms in total. The Morgan fingerprint density at radius 2 is 0.867 bits per heavy atom. The molecule has 0 aliphatic carbocycles. The summed E-state index contributed by atoms with van der Waals surface area (Å²) in [6.45, 7) is 2.27. The van der Waals surface area contributed by atoms with Crippen molar-refractivity contribution in [3.8, 4) is 0 Å². The Bertz CT molecular complexity index is 440. The van der Waals surface area contributed by atoms with E-state index >= 15 is 0 Å². The molecule has 0 radical (unpaired) electrons. The number of unbranched alkanes of at least 4 members (excludes halogenated alkanes) is 18. The first kappa shape index (κ1) is 29.8. The van der Waals surface area contributed by atoms with Gasteiger partial charge in [-0.05, 0) is 19.3 Å². The topological polar surface area (TPSA) is 54.4 Å². The second-order valence-corrected chi connectivity index (χ2v) is 10.8. The van der Waals surface area contributed by atoms with E-state index in [9.17, 15) is 12.8 Å². The Morgan fingerprint density at radius 3 is 1.20 bits per heavy atom. The molecule has 0 spiro atoms. The fourth-order valence-corrected chi connectivity index (χ4v) is 4.63. The SMILES string of the molecule is CCCCCCCCCCCCCCCCCC(F)CCCCCCCS(=O)(=O)O. The van der Waals surface area contributed by atoms with Crippen LogP contribution in [0.4, 0.5) is 4.39 Å². The highest BCUT2D eigenvalue weighted by Gasteiger charge is 2.06. The average molecular weight is 451 g/mol. The minimum Gasteiger partial charge on any atom is -0.286 e. The van der Waals surface area contributed by atoms with Crippen molar-refractivity contribution in [3.05, 3.63) is 0 Å². The molecule has 0 aromatic rings. The minimum atomic E-state index is -3.82. The predicted octanol–water partition coefficient (Wildman–Crippen LogP) is 8.81. The van der Waals surface area contributed by atoms with Gasteiger partial charge in [0.05, 0.1) is 5.75 Å². The van der Waals surface area contributed by atoms with Crippen LogP contribution in [0.2, 0.25) is 0 Å². The van der Waals surface area contributed by atoms with Gasteiger partial charge >= 0.3 is 0 Å². The standard InChI is InChI=1S/C25H51FO3S/c1-2-3-4-5-6-7-8-9-10-11-12-13-14-16-19-22-25(26)23-20-17-15-18-21-24-30(27,28)29/h25H,2-24H2,1H3,(H,27,28,29). The number of alkyl halides is 1. The van der Waals surface area contributed by atoms with Gasteiger partial charge in [-0.3, -0.25) is 4.55 Å². The van der Waals surface area contributed by atoms with E-state index in [1.54, 1.807) is 0 Å². The molecule has 0 heterocycles. The Kier molecular flexibility index (Phi) is 21.9. The van der Waals surface area contributed by atoms with Gasteiger partial charge in [-0.25, -0.2) is 4.39 Å². The van der Waals surface area contributed by atoms with E-state index in [4.69, 9.17) is 4.55 Å². The van der Waals surface area contributed by atoms with Crippen LogP contribution >= 0.6 is 0 Å². The lowest BCUT2D eigenvalue weighted by atomic mass is 10.0. The zero-order valence-electron chi connectivity index (χ0n) is 19.9. The van der Waals surface area contributed by atoms with Gasteiger partial charge in [0.1, 0.15) is 6.17 Å². The van der Waals surface area contributed by atoms with Gasteiger partial charge in [-0.15, -0.1) is 0 Å². The molecule has 1 atom stereocenters. The number of rotatable bonds is 24. The maximum atomic E-state index is 13.9. The Hall–Kier alpha value is -0.160. The minimum absolute atomic E-state index is 0.155. The molecule has 182 valence electrons. The van der Waals surface area contributed by atoms with Crippen LogP contribution in [-0.4, -0.2) is 24.9 Å². The van der Waals surface area contributed by atoms with Gasteiger partial charge < -0.3 is 0 Å². The largest absolute Gasteiger partial charge is 0.286 e. The van der Waals surface area contributed by atoms with E-state index in [1.807, 2.05) is 0 Å². The summed E-state index contributed by atoms with van der Waals surface area (Å²) in [5.41, 5.74) is 0. The van der Waals surface area contributed by atoms with Crippen molar-refractivity contribution < 1.29 is 17.4 Å². The summed E-state index contributed by atoms with van der Waals surface area (Å²) in [5, 5.41) is 0. The fourth-order valence-electron chi connectivity index (χ4n) is 4.06. The summed E-state index contributed by atoms with van der Waals surface area (Å²) in [7, 11) is -3.82. The molecule has 30 heavy (non-hydrogen) atoms. The van der Waals surface area contributed by atoms with Crippen LogP contribution in [0.25, 0.3) is 0 Å². The molecule has 0 aromatic carbocycles. The number of halogens is 1. The highest BCUT2D eigenvalue weighted by molar-refractivity contribution is 7.85. The van der Waals surface area contributed by atoms with Crippen LogP contribution in [0.5, 0.6) is 0 Å². The maximum absolute atomic E-state index is 13.9. The van der Waals surface area contributed by atoms with Crippen molar-refractivity contribution in [1.29, 1.82) is 0 Å². The quantitative estimate of drug-likeness (QED) is 0.118. The lowest BCUT2D eigenvalue weighted by molar-refractivity contribution is 0.279. The van der Waals surface area contributed by atoms with Crippen molar-refractivity contribution in [1.82, 2.24) is 0 Å². The van der Waals surface area contributed by atoms with Crippen molar-refractivity contribution >= 4 is 10.1 Å². The predicted molar refractivity (Wildman–Crippen MR) is 129 cm³/mol. The first-order valence-corrected chi connectivity index (χ1v) is 14.7. The smallest absolute Gasteiger partial charge is 0.264 e. The third kappa shape index (κ3) is 25.9. The first-order chi connectivity index (χ1) is 14.5. The summed E-state index contributed by atoms with van der Waals surface area (Å²) in [4.78, 5) is 0. The Labute approximate surface area is 187 Å². The third-order valence-electron chi connectivity index (χ3n) is 6.04. The summed E-state index contributed by atoms with van der Waals surface area (Å²) in [6.07, 6.45) is 24.7. The van der Waals surface area contributed by atoms with Crippen LogP contribution in [-0.2, 0) is 10.1 Å². The molecule has 0 aromatic heterocycles. The van der Waals surface area contributed by atoms with Crippen LogP contribution in [0, 0.1) is 0 Å². The van der Waals surface area contributed by atoms with E-state index in [0.717, 1.165) is 38.5 Å². The molecule has 1 unspecified atom stereocenters. The van der Waals surface area contributed by atoms with Crippen molar-refractivity contribution in [2.75, 3.05) is 5.75 Å². The zero-order chi connectivity index (χ0) is 22.3. The molecule has 0 rings (SSSR count). The van der Waals surface area contributed by atoms with Crippen molar-refractivity contribution in [2.24, 2.45) is 0 Å². The van der Waals surface area contributed by atoms with Gasteiger partial charge in [-0.2, -0.15) is 8.42 Å². The number of hydrogen-bond donors (Lipinski definition) is 1. The second kappa shape index (κ2) is 22.0. The first-order valence-electron chi connectivity index (χ1n) is 13.0. The van der Waals surface area contributed by atoms with Gasteiger partial charge in [0, 0.05) is 0 Å².